The van der Waals surface area contributed by atoms with Gasteiger partial charge in [-0.2, -0.15) is 4.98 Å². The first kappa shape index (κ1) is 12.1. The molecule has 0 atom stereocenters. The third-order valence-electron chi connectivity index (χ3n) is 1.78. The number of aromatic nitrogens is 2. The van der Waals surface area contributed by atoms with E-state index in [0.29, 0.717) is 5.82 Å². The van der Waals surface area contributed by atoms with Gasteiger partial charge < -0.3 is 14.8 Å². The monoisotopic (exact) mass is 228 g/mol. The van der Waals surface area contributed by atoms with Gasteiger partial charge in [-0.15, -0.1) is 0 Å². The van der Waals surface area contributed by atoms with Crippen LogP contribution in [0.4, 0.5) is 11.5 Å². The van der Waals surface area contributed by atoms with E-state index >= 15 is 0 Å². The zero-order chi connectivity index (χ0) is 12.1. The lowest BCUT2D eigenvalue weighted by Crippen LogP contribution is -2.08. The van der Waals surface area contributed by atoms with Crippen molar-refractivity contribution in [1.29, 1.82) is 0 Å². The molecule has 0 aliphatic rings. The van der Waals surface area contributed by atoms with Crippen molar-refractivity contribution >= 4 is 11.5 Å². The van der Waals surface area contributed by atoms with Crippen molar-refractivity contribution in [3.05, 3.63) is 15.9 Å². The maximum atomic E-state index is 10.8. The summed E-state index contributed by atoms with van der Waals surface area (Å²) in [5, 5.41) is 13.4. The van der Waals surface area contributed by atoms with Crippen molar-refractivity contribution in [1.82, 2.24) is 9.97 Å². The molecule has 1 heterocycles. The Labute approximate surface area is 91.8 Å². The van der Waals surface area contributed by atoms with Crippen LogP contribution in [0.1, 0.15) is 5.82 Å². The predicted molar refractivity (Wildman–Crippen MR) is 55.5 cm³/mol. The van der Waals surface area contributed by atoms with E-state index < -0.39 is 4.92 Å². The lowest BCUT2D eigenvalue weighted by molar-refractivity contribution is -0.385. The Hall–Kier alpha value is -1.96. The molecule has 0 aliphatic heterocycles. The van der Waals surface area contributed by atoms with Crippen LogP contribution >= 0.6 is 0 Å². The van der Waals surface area contributed by atoms with Gasteiger partial charge in [-0.3, -0.25) is 10.1 Å². The summed E-state index contributed by atoms with van der Waals surface area (Å²) < 4.78 is 9.70. The van der Waals surface area contributed by atoms with E-state index in [1.54, 1.807) is 0 Å². The first-order valence-electron chi connectivity index (χ1n) is 4.40. The van der Waals surface area contributed by atoms with Gasteiger partial charge in [-0.25, -0.2) is 4.98 Å². The molecule has 8 nitrogen and oxygen atoms in total. The average molecular weight is 228 g/mol. The van der Waals surface area contributed by atoms with Gasteiger partial charge in [0.15, 0.2) is 5.82 Å². The number of anilines is 1. The van der Waals surface area contributed by atoms with Crippen molar-refractivity contribution in [2.75, 3.05) is 26.6 Å². The molecule has 0 aliphatic carbocycles. The Morgan fingerprint density at radius 1 is 1.44 bits per heavy atom. The van der Waals surface area contributed by atoms with Crippen LogP contribution in [0, 0.1) is 10.1 Å². The molecule has 0 fully saturated rings. The molecule has 0 bridgehead atoms. The maximum Gasteiger partial charge on any atom is 0.372 e. The van der Waals surface area contributed by atoms with Crippen LogP contribution in [0.3, 0.4) is 0 Å². The lowest BCUT2D eigenvalue weighted by atomic mass is 10.4. The van der Waals surface area contributed by atoms with Crippen molar-refractivity contribution in [3.63, 3.8) is 0 Å². The fraction of sp³-hybridized carbons (Fsp3) is 0.500. The van der Waals surface area contributed by atoms with Crippen molar-refractivity contribution in [2.45, 2.75) is 6.61 Å². The molecule has 1 N–H and O–H groups in total. The molecule has 0 saturated carbocycles. The topological polar surface area (TPSA) is 99.4 Å². The van der Waals surface area contributed by atoms with Crippen molar-refractivity contribution in [3.8, 4) is 5.88 Å². The fourth-order valence-corrected chi connectivity index (χ4v) is 1.15. The summed E-state index contributed by atoms with van der Waals surface area (Å²) >= 11 is 0. The standard InChI is InChI=1S/C8H12N4O4/c1-9-7-6(12(13)14)8(16-3)11-5(10-7)4-15-2/h4H2,1-3H3,(H,9,10,11). The summed E-state index contributed by atoms with van der Waals surface area (Å²) in [6.07, 6.45) is 0. The van der Waals surface area contributed by atoms with Gasteiger partial charge in [0.25, 0.3) is 5.88 Å². The summed E-state index contributed by atoms with van der Waals surface area (Å²) in [6.45, 7) is 0.156. The molecule has 8 heteroatoms. The second kappa shape index (κ2) is 5.21. The molecular formula is C8H12N4O4. The maximum absolute atomic E-state index is 10.8. The third kappa shape index (κ3) is 2.34. The van der Waals surface area contributed by atoms with Crippen LogP contribution in [0.5, 0.6) is 5.88 Å². The zero-order valence-corrected chi connectivity index (χ0v) is 9.18. The molecule has 16 heavy (non-hydrogen) atoms. The SMILES string of the molecule is CNc1nc(COC)nc(OC)c1[N+](=O)[O-]. The van der Waals surface area contributed by atoms with Crippen LogP contribution < -0.4 is 10.1 Å². The quantitative estimate of drug-likeness (QED) is 0.581. The number of nitrogens with one attached hydrogen (secondary N) is 1. The van der Waals surface area contributed by atoms with Crippen LogP contribution in [0.25, 0.3) is 0 Å². The number of rotatable bonds is 5. The van der Waals surface area contributed by atoms with E-state index in [4.69, 9.17) is 9.47 Å². The van der Waals surface area contributed by atoms with E-state index in [-0.39, 0.29) is 24.0 Å². The Bertz CT molecular complexity index is 371. The molecule has 0 spiro atoms. The summed E-state index contributed by atoms with van der Waals surface area (Å²) in [4.78, 5) is 18.0. The highest BCUT2D eigenvalue weighted by Crippen LogP contribution is 2.31. The van der Waals surface area contributed by atoms with E-state index in [1.165, 1.54) is 21.3 Å². The molecule has 0 aromatic carbocycles. The first-order valence-corrected chi connectivity index (χ1v) is 4.40. The van der Waals surface area contributed by atoms with Gasteiger partial charge in [0.2, 0.25) is 5.82 Å². The normalized spacial score (nSPS) is 9.94. The molecule has 1 rings (SSSR count). The average Bonchev–Trinajstić information content (AvgIpc) is 2.27. The Kier molecular flexibility index (Phi) is 3.95. The second-order valence-corrected chi connectivity index (χ2v) is 2.79. The molecule has 88 valence electrons. The molecule has 0 unspecified atom stereocenters. The third-order valence-corrected chi connectivity index (χ3v) is 1.78. The zero-order valence-electron chi connectivity index (χ0n) is 9.18. The summed E-state index contributed by atoms with van der Waals surface area (Å²) in [7, 11) is 4.33. The van der Waals surface area contributed by atoms with E-state index in [9.17, 15) is 10.1 Å². The number of methoxy groups -OCH3 is 2. The molecule has 0 radical (unpaired) electrons. The number of nitrogens with zero attached hydrogens (tertiary/aromatic N) is 3. The largest absolute Gasteiger partial charge is 0.476 e. The Balaban J connectivity index is 3.31. The van der Waals surface area contributed by atoms with Crippen LogP contribution in [0.15, 0.2) is 0 Å². The van der Waals surface area contributed by atoms with E-state index in [1.807, 2.05) is 0 Å². The fourth-order valence-electron chi connectivity index (χ4n) is 1.15. The number of hydrogen-bond acceptors (Lipinski definition) is 7. The highest BCUT2D eigenvalue weighted by atomic mass is 16.6. The molecule has 0 amide bonds. The van der Waals surface area contributed by atoms with Gasteiger partial charge in [0.05, 0.1) is 12.0 Å². The minimum atomic E-state index is -0.596. The summed E-state index contributed by atoms with van der Waals surface area (Å²) in [5.74, 6) is 0.328. The van der Waals surface area contributed by atoms with Gasteiger partial charge in [0, 0.05) is 14.2 Å². The minimum Gasteiger partial charge on any atom is -0.476 e. The molecule has 0 saturated heterocycles. The van der Waals surface area contributed by atoms with Gasteiger partial charge in [-0.05, 0) is 0 Å². The van der Waals surface area contributed by atoms with E-state index in [0.717, 1.165) is 0 Å². The highest BCUT2D eigenvalue weighted by molar-refractivity contribution is 5.61. The summed E-state index contributed by atoms with van der Waals surface area (Å²) in [5.41, 5.74) is -0.287. The molecule has 1 aromatic rings. The second-order valence-electron chi connectivity index (χ2n) is 2.79. The summed E-state index contributed by atoms with van der Waals surface area (Å²) in [6, 6.07) is 0. The van der Waals surface area contributed by atoms with Crippen LogP contribution in [-0.2, 0) is 11.3 Å². The highest BCUT2D eigenvalue weighted by Gasteiger charge is 2.24. The Morgan fingerprint density at radius 2 is 2.12 bits per heavy atom. The van der Waals surface area contributed by atoms with Crippen LogP contribution in [-0.4, -0.2) is 36.2 Å². The van der Waals surface area contributed by atoms with Crippen LogP contribution in [0.2, 0.25) is 0 Å². The number of hydrogen-bond donors (Lipinski definition) is 1. The van der Waals surface area contributed by atoms with Gasteiger partial charge in [0.1, 0.15) is 6.61 Å². The molecular weight excluding hydrogens is 216 g/mol. The Morgan fingerprint density at radius 3 is 2.56 bits per heavy atom. The molecule has 1 aromatic heterocycles. The minimum absolute atomic E-state index is 0.0867. The van der Waals surface area contributed by atoms with E-state index in [2.05, 4.69) is 15.3 Å². The number of ether oxygens (including phenoxy) is 2. The predicted octanol–water partition coefficient (Wildman–Crippen LogP) is 0.581. The first-order chi connectivity index (χ1) is 7.63. The van der Waals surface area contributed by atoms with Crippen molar-refractivity contribution < 1.29 is 14.4 Å². The van der Waals surface area contributed by atoms with Gasteiger partial charge in [-0.1, -0.05) is 0 Å². The van der Waals surface area contributed by atoms with Gasteiger partial charge >= 0.3 is 5.69 Å². The smallest absolute Gasteiger partial charge is 0.372 e. The number of nitro groups is 1. The lowest BCUT2D eigenvalue weighted by Gasteiger charge is -2.07. The van der Waals surface area contributed by atoms with Crippen molar-refractivity contribution in [2.24, 2.45) is 0 Å².